The van der Waals surface area contributed by atoms with E-state index in [9.17, 15) is 9.18 Å². The Morgan fingerprint density at radius 2 is 2.40 bits per heavy atom. The van der Waals surface area contributed by atoms with E-state index in [4.69, 9.17) is 6.42 Å². The number of H-pyrrole nitrogens is 1. The highest BCUT2D eigenvalue weighted by Crippen LogP contribution is 1.87. The highest BCUT2D eigenvalue weighted by Gasteiger charge is 1.95. The molecule has 0 radical (unpaired) electrons. The molecule has 1 aromatic rings. The Kier molecular flexibility index (Phi) is 1.55. The summed E-state index contributed by atoms with van der Waals surface area (Å²) < 4.78 is 12.2. The van der Waals surface area contributed by atoms with E-state index < -0.39 is 11.2 Å². The number of nitrogens with one attached hydrogen (secondary N) is 1. The summed E-state index contributed by atoms with van der Waals surface area (Å²) in [6.45, 7) is 0. The van der Waals surface area contributed by atoms with Gasteiger partial charge in [-0.3, -0.25) is 4.79 Å². The Bertz CT molecular complexity index is 334. The molecular formula is C7H4FNO. The predicted molar refractivity (Wildman–Crippen MR) is 35.0 cm³/mol. The second-order valence-corrected chi connectivity index (χ2v) is 1.70. The van der Waals surface area contributed by atoms with E-state index in [2.05, 4.69) is 10.9 Å². The van der Waals surface area contributed by atoms with Gasteiger partial charge in [0.25, 0.3) is 0 Å². The van der Waals surface area contributed by atoms with E-state index in [1.54, 1.807) is 0 Å². The van der Waals surface area contributed by atoms with Gasteiger partial charge in [0, 0.05) is 12.3 Å². The minimum absolute atomic E-state index is 0.284. The second kappa shape index (κ2) is 2.36. The summed E-state index contributed by atoms with van der Waals surface area (Å²) in [7, 11) is 0. The first-order chi connectivity index (χ1) is 4.74. The third-order valence-electron chi connectivity index (χ3n) is 1.02. The maximum atomic E-state index is 12.2. The highest BCUT2D eigenvalue weighted by atomic mass is 19.1. The lowest BCUT2D eigenvalue weighted by Gasteiger charge is -1.88. The zero-order valence-electron chi connectivity index (χ0n) is 5.02. The average molecular weight is 137 g/mol. The van der Waals surface area contributed by atoms with Crippen LogP contribution in [-0.4, -0.2) is 4.98 Å². The number of pyridine rings is 1. The first-order valence-corrected chi connectivity index (χ1v) is 2.59. The Morgan fingerprint density at radius 3 is 2.90 bits per heavy atom. The van der Waals surface area contributed by atoms with Gasteiger partial charge in [0.2, 0.25) is 5.43 Å². The van der Waals surface area contributed by atoms with Crippen molar-refractivity contribution < 1.29 is 4.39 Å². The van der Waals surface area contributed by atoms with Crippen LogP contribution >= 0.6 is 0 Å². The van der Waals surface area contributed by atoms with Crippen LogP contribution in [0.5, 0.6) is 0 Å². The quantitative estimate of drug-likeness (QED) is 0.519. The van der Waals surface area contributed by atoms with Crippen LogP contribution in [0.2, 0.25) is 0 Å². The lowest BCUT2D eigenvalue weighted by atomic mass is 10.3. The molecule has 0 aliphatic carbocycles. The van der Waals surface area contributed by atoms with Gasteiger partial charge < -0.3 is 4.98 Å². The van der Waals surface area contributed by atoms with Gasteiger partial charge in [0.1, 0.15) is 0 Å². The number of hydrogen-bond donors (Lipinski definition) is 1. The number of rotatable bonds is 0. The summed E-state index contributed by atoms with van der Waals surface area (Å²) in [5.74, 6) is 1.35. The lowest BCUT2D eigenvalue weighted by molar-refractivity contribution is 0.610. The highest BCUT2D eigenvalue weighted by molar-refractivity contribution is 5.23. The van der Waals surface area contributed by atoms with E-state index >= 15 is 0 Å². The van der Waals surface area contributed by atoms with Crippen LogP contribution in [0.1, 0.15) is 5.69 Å². The molecule has 0 fully saturated rings. The molecule has 0 amide bonds. The fourth-order valence-corrected chi connectivity index (χ4v) is 0.537. The molecule has 10 heavy (non-hydrogen) atoms. The number of aromatic amines is 1. The van der Waals surface area contributed by atoms with Gasteiger partial charge in [-0.1, -0.05) is 5.92 Å². The van der Waals surface area contributed by atoms with E-state index in [1.807, 2.05) is 0 Å². The molecule has 0 saturated carbocycles. The molecule has 50 valence electrons. The number of hydrogen-bond acceptors (Lipinski definition) is 1. The second-order valence-electron chi connectivity index (χ2n) is 1.70. The maximum Gasteiger partial charge on any atom is 0.218 e. The summed E-state index contributed by atoms with van der Waals surface area (Å²) in [6, 6.07) is 1.04. The fraction of sp³-hybridized carbons (Fsp3) is 0. The van der Waals surface area contributed by atoms with Gasteiger partial charge in [-0.2, -0.15) is 0 Å². The third-order valence-corrected chi connectivity index (χ3v) is 1.02. The minimum Gasteiger partial charge on any atom is -0.352 e. The van der Waals surface area contributed by atoms with Crippen molar-refractivity contribution in [2.24, 2.45) is 0 Å². The van der Waals surface area contributed by atoms with Crippen molar-refractivity contribution in [1.29, 1.82) is 0 Å². The van der Waals surface area contributed by atoms with E-state index in [0.717, 1.165) is 12.3 Å². The van der Waals surface area contributed by atoms with Crippen molar-refractivity contribution in [3.63, 3.8) is 0 Å². The summed E-state index contributed by atoms with van der Waals surface area (Å²) in [6.07, 6.45) is 5.87. The molecule has 0 bridgehead atoms. The molecule has 1 N–H and O–H groups in total. The SMILES string of the molecule is C#Cc1cc(=O)c(F)c[nH]1. The molecule has 0 aliphatic rings. The average Bonchev–Trinajstić information content (AvgIpc) is 1.95. The first kappa shape index (κ1) is 6.56. The van der Waals surface area contributed by atoms with Crippen molar-refractivity contribution in [3.8, 4) is 12.3 Å². The van der Waals surface area contributed by atoms with Crippen molar-refractivity contribution in [1.82, 2.24) is 4.98 Å². The van der Waals surface area contributed by atoms with Crippen molar-refractivity contribution in [2.45, 2.75) is 0 Å². The molecule has 0 unspecified atom stereocenters. The normalized spacial score (nSPS) is 8.80. The molecule has 2 nitrogen and oxygen atoms in total. The van der Waals surface area contributed by atoms with Gasteiger partial charge in [0.15, 0.2) is 5.82 Å². The molecule has 0 aromatic carbocycles. The predicted octanol–water partition coefficient (Wildman–Crippen LogP) is 0.495. The first-order valence-electron chi connectivity index (χ1n) is 2.59. The van der Waals surface area contributed by atoms with Crippen molar-refractivity contribution >= 4 is 0 Å². The van der Waals surface area contributed by atoms with Crippen LogP contribution in [0.15, 0.2) is 17.1 Å². The molecular weight excluding hydrogens is 133 g/mol. The van der Waals surface area contributed by atoms with E-state index in [-0.39, 0.29) is 5.69 Å². The number of terminal acetylenes is 1. The number of aromatic nitrogens is 1. The summed E-state index contributed by atoms with van der Waals surface area (Å²) >= 11 is 0. The monoisotopic (exact) mass is 137 g/mol. The van der Waals surface area contributed by atoms with Crippen LogP contribution in [0.25, 0.3) is 0 Å². The smallest absolute Gasteiger partial charge is 0.218 e. The molecule has 0 aliphatic heterocycles. The van der Waals surface area contributed by atoms with Gasteiger partial charge in [-0.05, 0) is 0 Å². The molecule has 1 rings (SSSR count). The largest absolute Gasteiger partial charge is 0.352 e. The van der Waals surface area contributed by atoms with Crippen LogP contribution in [0, 0.1) is 18.2 Å². The van der Waals surface area contributed by atoms with Crippen LogP contribution in [-0.2, 0) is 0 Å². The lowest BCUT2D eigenvalue weighted by Crippen LogP contribution is -2.05. The molecule has 0 atom stereocenters. The number of halogens is 1. The van der Waals surface area contributed by atoms with Crippen molar-refractivity contribution in [2.75, 3.05) is 0 Å². The maximum absolute atomic E-state index is 12.2. The van der Waals surface area contributed by atoms with Crippen molar-refractivity contribution in [3.05, 3.63) is 34.0 Å². The fourth-order valence-electron chi connectivity index (χ4n) is 0.537. The molecule has 0 spiro atoms. The standard InChI is InChI=1S/C7H4FNO/c1-2-5-3-7(10)6(8)4-9-5/h1,3-4H,(H,9,10). The van der Waals surface area contributed by atoms with Crippen LogP contribution < -0.4 is 5.43 Å². The Balaban J connectivity index is 3.34. The van der Waals surface area contributed by atoms with Gasteiger partial charge in [0.05, 0.1) is 5.69 Å². The van der Waals surface area contributed by atoms with E-state index in [0.29, 0.717) is 0 Å². The van der Waals surface area contributed by atoms with Crippen LogP contribution in [0.4, 0.5) is 4.39 Å². The van der Waals surface area contributed by atoms with Gasteiger partial charge in [-0.25, -0.2) is 4.39 Å². The molecule has 1 aromatic heterocycles. The third kappa shape index (κ3) is 1.06. The van der Waals surface area contributed by atoms with Gasteiger partial charge >= 0.3 is 0 Å². The zero-order chi connectivity index (χ0) is 7.56. The van der Waals surface area contributed by atoms with Gasteiger partial charge in [-0.15, -0.1) is 6.42 Å². The minimum atomic E-state index is -0.820. The zero-order valence-corrected chi connectivity index (χ0v) is 5.02. The van der Waals surface area contributed by atoms with Crippen LogP contribution in [0.3, 0.4) is 0 Å². The Morgan fingerprint density at radius 1 is 1.70 bits per heavy atom. The molecule has 3 heteroatoms. The molecule has 0 saturated heterocycles. The Hall–Kier alpha value is -1.56. The molecule has 1 heterocycles. The summed E-state index contributed by atoms with van der Waals surface area (Å²) in [5, 5.41) is 0. The Labute approximate surface area is 56.7 Å². The summed E-state index contributed by atoms with van der Waals surface area (Å²) in [5.41, 5.74) is -0.405. The summed E-state index contributed by atoms with van der Waals surface area (Å²) in [4.78, 5) is 12.9. The topological polar surface area (TPSA) is 32.9 Å². The van der Waals surface area contributed by atoms with E-state index in [1.165, 1.54) is 0 Å².